The number of carbonyl (C=O) groups excluding carboxylic acids is 1. The first-order valence-electron chi connectivity index (χ1n) is 6.39. The number of aliphatic carboxylic acids is 1. The molecule has 2 aliphatic heterocycles. The van der Waals surface area contributed by atoms with Crippen LogP contribution in [0, 0.1) is 0 Å². The summed E-state index contributed by atoms with van der Waals surface area (Å²) >= 11 is 1.40. The standard InChI is InChI=1S/C14H13NO5S/c16-13-7-21-6-10(15(13)4-3-14(17)18)9-1-2-11-12(5-9)20-8-19-11/h1-2,5-6H,3-4,7-8H2,(H,17,18). The molecule has 0 spiro atoms. The number of amides is 1. The summed E-state index contributed by atoms with van der Waals surface area (Å²) in [6.45, 7) is 0.350. The average molecular weight is 307 g/mol. The number of nitrogens with zero attached hydrogens (tertiary/aromatic N) is 1. The van der Waals surface area contributed by atoms with Crippen molar-refractivity contribution in [3.8, 4) is 11.5 Å². The van der Waals surface area contributed by atoms with Gasteiger partial charge in [-0.2, -0.15) is 0 Å². The normalized spacial score (nSPS) is 16.9. The first-order valence-corrected chi connectivity index (χ1v) is 7.44. The van der Waals surface area contributed by atoms with Crippen LogP contribution in [0.15, 0.2) is 23.6 Å². The zero-order chi connectivity index (χ0) is 14.8. The van der Waals surface area contributed by atoms with Crippen molar-refractivity contribution in [3.63, 3.8) is 0 Å². The molecule has 0 radical (unpaired) electrons. The van der Waals surface area contributed by atoms with Crippen LogP contribution in [0.2, 0.25) is 0 Å². The Morgan fingerprint density at radius 1 is 1.33 bits per heavy atom. The molecule has 1 amide bonds. The van der Waals surface area contributed by atoms with Gasteiger partial charge in [-0.3, -0.25) is 9.59 Å². The lowest BCUT2D eigenvalue weighted by molar-refractivity contribution is -0.137. The minimum Gasteiger partial charge on any atom is -0.481 e. The van der Waals surface area contributed by atoms with E-state index in [0.29, 0.717) is 22.9 Å². The zero-order valence-corrected chi connectivity index (χ0v) is 11.9. The van der Waals surface area contributed by atoms with Crippen LogP contribution in [0.4, 0.5) is 0 Å². The number of ether oxygens (including phenoxy) is 2. The second-order valence-electron chi connectivity index (χ2n) is 4.57. The van der Waals surface area contributed by atoms with Crippen LogP contribution in [0.25, 0.3) is 5.70 Å². The first-order chi connectivity index (χ1) is 10.1. The summed E-state index contributed by atoms with van der Waals surface area (Å²) in [4.78, 5) is 24.3. The Kier molecular flexibility index (Phi) is 3.74. The van der Waals surface area contributed by atoms with Gasteiger partial charge in [-0.25, -0.2) is 0 Å². The molecule has 0 saturated carbocycles. The van der Waals surface area contributed by atoms with Gasteiger partial charge in [0.1, 0.15) is 0 Å². The van der Waals surface area contributed by atoms with Gasteiger partial charge in [0.2, 0.25) is 12.7 Å². The number of hydrogen-bond donors (Lipinski definition) is 1. The van der Waals surface area contributed by atoms with Crippen molar-refractivity contribution in [3.05, 3.63) is 29.2 Å². The quantitative estimate of drug-likeness (QED) is 0.913. The molecule has 110 valence electrons. The molecule has 0 atom stereocenters. The Hall–Kier alpha value is -2.15. The fourth-order valence-corrected chi connectivity index (χ4v) is 3.00. The Bertz CT molecular complexity index is 628. The largest absolute Gasteiger partial charge is 0.481 e. The molecule has 0 fully saturated rings. The highest BCUT2D eigenvalue weighted by atomic mass is 32.2. The minimum atomic E-state index is -0.925. The third-order valence-electron chi connectivity index (χ3n) is 3.21. The highest BCUT2D eigenvalue weighted by molar-refractivity contribution is 8.03. The van der Waals surface area contributed by atoms with Crippen molar-refractivity contribution in [1.82, 2.24) is 4.90 Å². The van der Waals surface area contributed by atoms with Crippen molar-refractivity contribution in [2.75, 3.05) is 19.1 Å². The Balaban J connectivity index is 1.88. The molecule has 1 N–H and O–H groups in total. The first kappa shape index (κ1) is 13.8. The molecule has 2 aliphatic rings. The summed E-state index contributed by atoms with van der Waals surface area (Å²) in [6, 6.07) is 5.44. The molecular formula is C14H13NO5S. The third-order valence-corrected chi connectivity index (χ3v) is 4.01. The third kappa shape index (κ3) is 2.82. The number of rotatable bonds is 4. The number of carboxylic acids is 1. The molecule has 21 heavy (non-hydrogen) atoms. The minimum absolute atomic E-state index is 0.0850. The second kappa shape index (κ2) is 5.69. The van der Waals surface area contributed by atoms with Crippen LogP contribution in [0.1, 0.15) is 12.0 Å². The monoisotopic (exact) mass is 307 g/mol. The molecule has 0 unspecified atom stereocenters. The summed E-state index contributed by atoms with van der Waals surface area (Å²) < 4.78 is 10.6. The maximum Gasteiger partial charge on any atom is 0.305 e. The van der Waals surface area contributed by atoms with Gasteiger partial charge in [-0.05, 0) is 23.6 Å². The van der Waals surface area contributed by atoms with E-state index in [1.165, 1.54) is 16.7 Å². The van der Waals surface area contributed by atoms with E-state index in [1.54, 1.807) is 12.1 Å². The summed E-state index contributed by atoms with van der Waals surface area (Å²) in [5.74, 6) is 0.622. The number of carboxylic acid groups (broad SMARTS) is 1. The van der Waals surface area contributed by atoms with E-state index in [-0.39, 0.29) is 25.7 Å². The number of fused-ring (bicyclic) bond motifs is 1. The number of carbonyl (C=O) groups is 2. The van der Waals surface area contributed by atoms with Crippen LogP contribution in [0.3, 0.4) is 0 Å². The lowest BCUT2D eigenvalue weighted by Crippen LogP contribution is -2.34. The lowest BCUT2D eigenvalue weighted by atomic mass is 10.1. The lowest BCUT2D eigenvalue weighted by Gasteiger charge is -2.28. The molecule has 7 heteroatoms. The second-order valence-corrected chi connectivity index (χ2v) is 5.43. The van der Waals surface area contributed by atoms with Crippen LogP contribution < -0.4 is 9.47 Å². The molecule has 0 saturated heterocycles. The fraction of sp³-hybridized carbons (Fsp3) is 0.286. The van der Waals surface area contributed by atoms with Gasteiger partial charge in [0, 0.05) is 12.1 Å². The van der Waals surface area contributed by atoms with Crippen molar-refractivity contribution in [1.29, 1.82) is 0 Å². The Labute approximate surface area is 125 Å². The van der Waals surface area contributed by atoms with E-state index in [2.05, 4.69) is 0 Å². The van der Waals surface area contributed by atoms with Gasteiger partial charge in [-0.1, -0.05) is 0 Å². The maximum absolute atomic E-state index is 12.0. The van der Waals surface area contributed by atoms with E-state index < -0.39 is 5.97 Å². The molecule has 6 nitrogen and oxygen atoms in total. The van der Waals surface area contributed by atoms with Gasteiger partial charge in [0.15, 0.2) is 11.5 Å². The average Bonchev–Trinajstić information content (AvgIpc) is 2.92. The SMILES string of the molecule is O=C(O)CCN1C(=O)CSC=C1c1ccc2c(c1)OCO2. The van der Waals surface area contributed by atoms with E-state index in [1.807, 2.05) is 11.5 Å². The fourth-order valence-electron chi connectivity index (χ4n) is 2.20. The molecule has 3 rings (SSSR count). The summed E-state index contributed by atoms with van der Waals surface area (Å²) in [5, 5.41) is 10.7. The molecular weight excluding hydrogens is 294 g/mol. The van der Waals surface area contributed by atoms with Gasteiger partial charge in [-0.15, -0.1) is 11.8 Å². The predicted molar refractivity (Wildman–Crippen MR) is 77.0 cm³/mol. The van der Waals surface area contributed by atoms with Crippen LogP contribution in [-0.2, 0) is 9.59 Å². The van der Waals surface area contributed by atoms with Crippen molar-refractivity contribution < 1.29 is 24.2 Å². The van der Waals surface area contributed by atoms with Gasteiger partial charge >= 0.3 is 5.97 Å². The van der Waals surface area contributed by atoms with Gasteiger partial charge in [0.05, 0.1) is 17.9 Å². The zero-order valence-electron chi connectivity index (χ0n) is 11.1. The number of benzene rings is 1. The Morgan fingerprint density at radius 3 is 2.95 bits per heavy atom. The van der Waals surface area contributed by atoms with Crippen molar-refractivity contribution in [2.45, 2.75) is 6.42 Å². The van der Waals surface area contributed by atoms with Crippen LogP contribution in [0.5, 0.6) is 11.5 Å². The molecule has 0 bridgehead atoms. The van der Waals surface area contributed by atoms with Gasteiger partial charge < -0.3 is 19.5 Å². The smallest absolute Gasteiger partial charge is 0.305 e. The number of hydrogen-bond acceptors (Lipinski definition) is 5. The molecule has 1 aromatic carbocycles. The molecule has 0 aromatic heterocycles. The van der Waals surface area contributed by atoms with E-state index in [4.69, 9.17) is 14.6 Å². The summed E-state index contributed by atoms with van der Waals surface area (Å²) in [7, 11) is 0. The predicted octanol–water partition coefficient (Wildman–Crippen LogP) is 1.76. The number of thioether (sulfide) groups is 1. The van der Waals surface area contributed by atoms with Gasteiger partial charge in [0.25, 0.3) is 0 Å². The van der Waals surface area contributed by atoms with E-state index in [0.717, 1.165) is 5.56 Å². The molecule has 2 heterocycles. The van der Waals surface area contributed by atoms with E-state index in [9.17, 15) is 9.59 Å². The van der Waals surface area contributed by atoms with Crippen molar-refractivity contribution in [2.24, 2.45) is 0 Å². The van der Waals surface area contributed by atoms with Crippen LogP contribution >= 0.6 is 11.8 Å². The highest BCUT2D eigenvalue weighted by Crippen LogP contribution is 2.37. The van der Waals surface area contributed by atoms with Crippen LogP contribution in [-0.4, -0.2) is 41.0 Å². The molecule has 0 aliphatic carbocycles. The molecule has 1 aromatic rings. The topological polar surface area (TPSA) is 76.1 Å². The highest BCUT2D eigenvalue weighted by Gasteiger charge is 2.25. The van der Waals surface area contributed by atoms with E-state index >= 15 is 0 Å². The maximum atomic E-state index is 12.0. The summed E-state index contributed by atoms with van der Waals surface area (Å²) in [6.07, 6.45) is -0.0850. The van der Waals surface area contributed by atoms with Crippen molar-refractivity contribution >= 4 is 29.3 Å². The summed E-state index contributed by atoms with van der Waals surface area (Å²) in [5.41, 5.74) is 1.51. The Morgan fingerprint density at radius 2 is 2.14 bits per heavy atom.